The van der Waals surface area contributed by atoms with Crippen molar-refractivity contribution in [3.63, 3.8) is 0 Å². The maximum atomic E-state index is 15.1. The van der Waals surface area contributed by atoms with Crippen molar-refractivity contribution in [2.24, 2.45) is 0 Å². The molecule has 196 valence electrons. The molecule has 36 heavy (non-hydrogen) atoms. The minimum atomic E-state index is -0.578. The van der Waals surface area contributed by atoms with Gasteiger partial charge in [-0.25, -0.2) is 14.0 Å². The first-order chi connectivity index (χ1) is 16.9. The van der Waals surface area contributed by atoms with Gasteiger partial charge in [-0.15, -0.1) is 0 Å². The van der Waals surface area contributed by atoms with E-state index in [9.17, 15) is 9.59 Å². The van der Waals surface area contributed by atoms with E-state index in [1.165, 1.54) is 16.8 Å². The van der Waals surface area contributed by atoms with Crippen LogP contribution < -0.4 is 15.9 Å². The van der Waals surface area contributed by atoms with Gasteiger partial charge in [0, 0.05) is 49.2 Å². The van der Waals surface area contributed by atoms with Crippen molar-refractivity contribution < 1.29 is 13.9 Å². The molecule has 2 aliphatic rings. The van der Waals surface area contributed by atoms with E-state index in [2.05, 4.69) is 20.2 Å². The third-order valence-corrected chi connectivity index (χ3v) is 6.69. The van der Waals surface area contributed by atoms with Crippen LogP contribution in [0.25, 0.3) is 5.69 Å². The van der Waals surface area contributed by atoms with Gasteiger partial charge in [-0.3, -0.25) is 9.55 Å². The summed E-state index contributed by atoms with van der Waals surface area (Å²) < 4.78 is 22.1. The summed E-state index contributed by atoms with van der Waals surface area (Å²) in [6.07, 6.45) is 1.74. The largest absolute Gasteiger partial charge is 0.444 e. The Balaban J connectivity index is 1.76. The van der Waals surface area contributed by atoms with Gasteiger partial charge in [-0.1, -0.05) is 13.8 Å². The van der Waals surface area contributed by atoms with Crippen molar-refractivity contribution in [3.05, 3.63) is 45.5 Å². The first kappa shape index (κ1) is 26.1. The first-order valence-electron chi connectivity index (χ1n) is 12.7. The molecule has 9 nitrogen and oxygen atoms in total. The molecule has 2 aromatic heterocycles. The van der Waals surface area contributed by atoms with Crippen LogP contribution in [0.5, 0.6) is 0 Å². The summed E-state index contributed by atoms with van der Waals surface area (Å²) >= 11 is 0. The number of ether oxygens (including phenoxy) is 1. The predicted octanol–water partition coefficient (Wildman–Crippen LogP) is 3.37. The Bertz CT molecular complexity index is 1210. The molecule has 0 aromatic carbocycles. The number of piperazine rings is 1. The van der Waals surface area contributed by atoms with Gasteiger partial charge in [-0.2, -0.15) is 4.98 Å². The monoisotopic (exact) mass is 500 g/mol. The summed E-state index contributed by atoms with van der Waals surface area (Å²) in [4.78, 5) is 39.0. The van der Waals surface area contributed by atoms with Gasteiger partial charge >= 0.3 is 11.8 Å². The molecule has 2 aliphatic heterocycles. The average Bonchev–Trinajstić information content (AvgIpc) is 2.79. The van der Waals surface area contributed by atoms with E-state index in [4.69, 9.17) is 4.74 Å². The normalized spacial score (nSPS) is 20.5. The van der Waals surface area contributed by atoms with E-state index in [-0.39, 0.29) is 29.8 Å². The highest BCUT2D eigenvalue weighted by Gasteiger charge is 2.37. The molecular formula is C26H37FN6O3. The number of hydrogen-bond donors (Lipinski definition) is 1. The van der Waals surface area contributed by atoms with Crippen LogP contribution in [0.2, 0.25) is 0 Å². The topological polar surface area (TPSA) is 92.6 Å². The van der Waals surface area contributed by atoms with Crippen LogP contribution in [0.1, 0.15) is 71.3 Å². The number of halogens is 1. The Morgan fingerprint density at radius 1 is 1.22 bits per heavy atom. The molecule has 0 spiro atoms. The van der Waals surface area contributed by atoms with Crippen LogP contribution in [0.3, 0.4) is 0 Å². The van der Waals surface area contributed by atoms with Crippen LogP contribution in [-0.4, -0.2) is 62.8 Å². The fourth-order valence-corrected chi connectivity index (χ4v) is 5.00. The number of aromatic nitrogens is 3. The molecule has 2 atom stereocenters. The molecule has 2 aromatic rings. The first-order valence-corrected chi connectivity index (χ1v) is 12.7. The molecule has 1 saturated heterocycles. The second kappa shape index (κ2) is 9.80. The zero-order chi connectivity index (χ0) is 26.4. The second-order valence-corrected chi connectivity index (χ2v) is 11.1. The molecule has 0 bridgehead atoms. The molecule has 1 amide bonds. The number of anilines is 1. The molecule has 0 radical (unpaired) electrons. The van der Waals surface area contributed by atoms with E-state index in [1.54, 1.807) is 4.90 Å². The molecule has 4 heterocycles. The minimum absolute atomic E-state index is 0.0729. The molecule has 1 fully saturated rings. The van der Waals surface area contributed by atoms with Gasteiger partial charge in [0.1, 0.15) is 17.1 Å². The number of amides is 1. The lowest BCUT2D eigenvalue weighted by Crippen LogP contribution is -2.59. The number of nitrogens with one attached hydrogen (secondary N) is 1. The highest BCUT2D eigenvalue weighted by atomic mass is 19.1. The Morgan fingerprint density at radius 3 is 2.61 bits per heavy atom. The van der Waals surface area contributed by atoms with Gasteiger partial charge in [0.15, 0.2) is 5.82 Å². The fourth-order valence-electron chi connectivity index (χ4n) is 5.00. The number of carbonyl (C=O) groups excluding carboxylic acids is 1. The van der Waals surface area contributed by atoms with E-state index in [1.807, 2.05) is 48.5 Å². The minimum Gasteiger partial charge on any atom is -0.444 e. The number of pyridine rings is 1. The zero-order valence-electron chi connectivity index (χ0n) is 22.3. The van der Waals surface area contributed by atoms with Gasteiger partial charge < -0.3 is 19.9 Å². The van der Waals surface area contributed by atoms with Crippen LogP contribution in [0, 0.1) is 5.82 Å². The van der Waals surface area contributed by atoms with Crippen LogP contribution in [-0.2, 0) is 17.7 Å². The molecule has 0 saturated carbocycles. The van der Waals surface area contributed by atoms with E-state index in [0.29, 0.717) is 43.3 Å². The summed E-state index contributed by atoms with van der Waals surface area (Å²) in [6.45, 7) is 15.5. The van der Waals surface area contributed by atoms with Crippen molar-refractivity contribution in [2.45, 2.75) is 85.0 Å². The predicted molar refractivity (Wildman–Crippen MR) is 136 cm³/mol. The SMILES string of the molecule is CC(C)c1nccc(F)c1-n1c2c(c(N3C[C@@H](C)N(C(=O)OC(C)(C)C)C[C@@H]3C)nc1=O)CCNC2. The molecule has 0 unspecified atom stereocenters. The number of nitrogens with zero attached hydrogens (tertiary/aromatic N) is 5. The van der Waals surface area contributed by atoms with Gasteiger partial charge in [0.2, 0.25) is 0 Å². The van der Waals surface area contributed by atoms with Crippen LogP contribution >= 0.6 is 0 Å². The standard InChI is InChI=1S/C26H37FN6O3/c1-15(2)21-22(19(27)9-11-29-21)33-20-12-28-10-8-18(20)23(30-24(33)34)31-13-17(4)32(14-16(31)3)25(35)36-26(5,6)7/h9,11,15-17,28H,8,10,12-14H2,1-7H3/t16-,17+/m0/s1. The van der Waals surface area contributed by atoms with Gasteiger partial charge in [0.25, 0.3) is 0 Å². The van der Waals surface area contributed by atoms with Crippen LogP contribution in [0.4, 0.5) is 15.0 Å². The summed E-state index contributed by atoms with van der Waals surface area (Å²) in [7, 11) is 0. The van der Waals surface area contributed by atoms with E-state index < -0.39 is 17.1 Å². The maximum Gasteiger partial charge on any atom is 0.410 e. The lowest BCUT2D eigenvalue weighted by Gasteiger charge is -2.45. The van der Waals surface area contributed by atoms with Crippen molar-refractivity contribution in [1.82, 2.24) is 24.8 Å². The summed E-state index contributed by atoms with van der Waals surface area (Å²) in [5.74, 6) is 0.0497. The molecule has 0 aliphatic carbocycles. The number of carbonyl (C=O) groups is 1. The molecule has 4 rings (SSSR count). The molecule has 10 heteroatoms. The lowest BCUT2D eigenvalue weighted by molar-refractivity contribution is 0.0129. The van der Waals surface area contributed by atoms with Crippen molar-refractivity contribution in [3.8, 4) is 5.69 Å². The van der Waals surface area contributed by atoms with E-state index >= 15 is 4.39 Å². The Morgan fingerprint density at radius 2 is 1.94 bits per heavy atom. The Hall–Kier alpha value is -3.01. The van der Waals surface area contributed by atoms with Crippen molar-refractivity contribution >= 4 is 11.9 Å². The maximum absolute atomic E-state index is 15.1. The number of rotatable bonds is 3. The number of fused-ring (bicyclic) bond motifs is 1. The van der Waals surface area contributed by atoms with Crippen molar-refractivity contribution in [2.75, 3.05) is 24.5 Å². The lowest BCUT2D eigenvalue weighted by atomic mass is 10.0. The highest BCUT2D eigenvalue weighted by Crippen LogP contribution is 2.31. The quantitative estimate of drug-likeness (QED) is 0.691. The number of hydrogen-bond acceptors (Lipinski definition) is 7. The molecular weight excluding hydrogens is 463 g/mol. The zero-order valence-corrected chi connectivity index (χ0v) is 22.3. The van der Waals surface area contributed by atoms with Crippen molar-refractivity contribution in [1.29, 1.82) is 0 Å². The van der Waals surface area contributed by atoms with Gasteiger partial charge in [0.05, 0.1) is 5.69 Å². The smallest absolute Gasteiger partial charge is 0.410 e. The second-order valence-electron chi connectivity index (χ2n) is 11.1. The Labute approximate surface area is 211 Å². The van der Waals surface area contributed by atoms with Crippen LogP contribution in [0.15, 0.2) is 17.1 Å². The molecule has 1 N–H and O–H groups in total. The Kier molecular flexibility index (Phi) is 7.10. The third-order valence-electron chi connectivity index (χ3n) is 6.69. The third kappa shape index (κ3) is 4.96. The fraction of sp³-hybridized carbons (Fsp3) is 0.615. The summed E-state index contributed by atoms with van der Waals surface area (Å²) in [5.41, 5.74) is 1.22. The highest BCUT2D eigenvalue weighted by molar-refractivity contribution is 5.69. The average molecular weight is 501 g/mol. The van der Waals surface area contributed by atoms with E-state index in [0.717, 1.165) is 12.1 Å². The van der Waals surface area contributed by atoms with Gasteiger partial charge in [-0.05, 0) is 59.6 Å². The summed E-state index contributed by atoms with van der Waals surface area (Å²) in [5, 5.41) is 3.32. The summed E-state index contributed by atoms with van der Waals surface area (Å²) in [6, 6.07) is 1.06.